The zero-order valence-electron chi connectivity index (χ0n) is 16.6. The smallest absolute Gasteiger partial charge is 0.291 e. The van der Waals surface area contributed by atoms with E-state index in [1.165, 1.54) is 0 Å². The van der Waals surface area contributed by atoms with Crippen LogP contribution in [0.4, 0.5) is 0 Å². The molecular weight excluding hydrogens is 398 g/mol. The number of aryl methyl sites for hydroxylation is 1. The number of pyridine rings is 1. The number of Topliss-reactive ketones (excluding diaryl/α,β-unsaturated/α-hetero) is 1. The quantitative estimate of drug-likeness (QED) is 0.392. The van der Waals surface area contributed by atoms with Crippen molar-refractivity contribution in [2.75, 3.05) is 0 Å². The molecule has 4 aromatic rings. The van der Waals surface area contributed by atoms with Gasteiger partial charge < -0.3 is 20.6 Å². The average Bonchev–Trinajstić information content (AvgIpc) is 3.37. The number of carbonyl (C=O) groups excluding carboxylic acids is 3. The highest BCUT2D eigenvalue weighted by Crippen LogP contribution is 2.26. The number of rotatable bonds is 7. The Balaban J connectivity index is 1.65. The molecule has 31 heavy (non-hydrogen) atoms. The SMILES string of the molecule is Cc1noc(C(=O)NC(Cc2c[nH]c3ccccc23)C(=O)C(N)=O)c1-c1ccccn1. The Labute approximate surface area is 176 Å². The van der Waals surface area contributed by atoms with Crippen LogP contribution in [0.5, 0.6) is 0 Å². The summed E-state index contributed by atoms with van der Waals surface area (Å²) in [4.78, 5) is 44.4. The van der Waals surface area contributed by atoms with E-state index >= 15 is 0 Å². The summed E-state index contributed by atoms with van der Waals surface area (Å²) in [6, 6.07) is 11.6. The van der Waals surface area contributed by atoms with Gasteiger partial charge >= 0.3 is 0 Å². The topological polar surface area (TPSA) is 144 Å². The Hall–Kier alpha value is -4.27. The molecule has 9 heteroatoms. The number of amides is 2. The second-order valence-corrected chi connectivity index (χ2v) is 7.01. The summed E-state index contributed by atoms with van der Waals surface area (Å²) in [5, 5.41) is 7.32. The molecule has 1 aromatic carbocycles. The molecular formula is C22H19N5O4. The molecule has 1 atom stereocenters. The van der Waals surface area contributed by atoms with Crippen molar-refractivity contribution >= 4 is 28.5 Å². The van der Waals surface area contributed by atoms with E-state index in [9.17, 15) is 14.4 Å². The lowest BCUT2D eigenvalue weighted by Crippen LogP contribution is -2.47. The summed E-state index contributed by atoms with van der Waals surface area (Å²) >= 11 is 0. The van der Waals surface area contributed by atoms with Crippen LogP contribution in [0.25, 0.3) is 22.2 Å². The molecule has 0 radical (unpaired) electrons. The number of hydrogen-bond donors (Lipinski definition) is 3. The fraction of sp³-hybridized carbons (Fsp3) is 0.136. The molecule has 1 unspecified atom stereocenters. The minimum atomic E-state index is -1.17. The number of H-pyrrole nitrogens is 1. The van der Waals surface area contributed by atoms with E-state index in [1.807, 2.05) is 24.3 Å². The monoisotopic (exact) mass is 417 g/mol. The highest BCUT2D eigenvalue weighted by molar-refractivity contribution is 6.38. The van der Waals surface area contributed by atoms with Crippen molar-refractivity contribution in [1.82, 2.24) is 20.4 Å². The molecule has 0 saturated carbocycles. The van der Waals surface area contributed by atoms with Crippen molar-refractivity contribution in [2.24, 2.45) is 5.73 Å². The molecule has 2 amide bonds. The number of aromatic nitrogens is 3. The number of nitrogens with one attached hydrogen (secondary N) is 2. The molecule has 156 valence electrons. The van der Waals surface area contributed by atoms with Crippen LogP contribution in [0.2, 0.25) is 0 Å². The molecule has 4 N–H and O–H groups in total. The van der Waals surface area contributed by atoms with Crippen molar-refractivity contribution in [3.63, 3.8) is 0 Å². The Kier molecular flexibility index (Phi) is 5.31. The summed E-state index contributed by atoms with van der Waals surface area (Å²) in [6.45, 7) is 1.68. The van der Waals surface area contributed by atoms with Crippen molar-refractivity contribution in [3.05, 3.63) is 71.9 Å². The maximum absolute atomic E-state index is 13.0. The van der Waals surface area contributed by atoms with Gasteiger partial charge in [0, 0.05) is 29.7 Å². The van der Waals surface area contributed by atoms with Gasteiger partial charge in [0.1, 0.15) is 6.04 Å². The second-order valence-electron chi connectivity index (χ2n) is 7.01. The number of aromatic amines is 1. The lowest BCUT2D eigenvalue weighted by Gasteiger charge is -2.15. The highest BCUT2D eigenvalue weighted by Gasteiger charge is 2.30. The van der Waals surface area contributed by atoms with E-state index in [-0.39, 0.29) is 12.2 Å². The number of nitrogens with two attached hydrogens (primary N) is 1. The lowest BCUT2D eigenvalue weighted by molar-refractivity contribution is -0.137. The van der Waals surface area contributed by atoms with E-state index < -0.39 is 23.6 Å². The first kappa shape index (κ1) is 20.0. The van der Waals surface area contributed by atoms with E-state index in [4.69, 9.17) is 10.3 Å². The van der Waals surface area contributed by atoms with Gasteiger partial charge in [-0.05, 0) is 30.7 Å². The maximum atomic E-state index is 13.0. The van der Waals surface area contributed by atoms with E-state index in [0.29, 0.717) is 17.0 Å². The normalized spacial score (nSPS) is 11.9. The second kappa shape index (κ2) is 8.23. The number of nitrogens with zero attached hydrogens (tertiary/aromatic N) is 2. The van der Waals surface area contributed by atoms with E-state index in [1.54, 1.807) is 37.5 Å². The number of hydrogen-bond acceptors (Lipinski definition) is 6. The van der Waals surface area contributed by atoms with Gasteiger partial charge in [-0.15, -0.1) is 0 Å². The largest absolute Gasteiger partial charge is 0.363 e. The van der Waals surface area contributed by atoms with Gasteiger partial charge in [-0.3, -0.25) is 19.4 Å². The maximum Gasteiger partial charge on any atom is 0.291 e. The minimum absolute atomic E-state index is 0.0730. The Morgan fingerprint density at radius 3 is 2.68 bits per heavy atom. The zero-order chi connectivity index (χ0) is 22.0. The Morgan fingerprint density at radius 2 is 1.94 bits per heavy atom. The van der Waals surface area contributed by atoms with Crippen molar-refractivity contribution in [3.8, 4) is 11.3 Å². The number of para-hydroxylation sites is 1. The molecule has 0 aliphatic rings. The van der Waals surface area contributed by atoms with Crippen molar-refractivity contribution in [2.45, 2.75) is 19.4 Å². The standard InChI is InChI=1S/C22H19N5O4/c1-12-18(16-8-4-5-9-24-16)20(31-27-12)22(30)26-17(19(28)21(23)29)10-13-11-25-15-7-3-2-6-14(13)15/h2-9,11,17,25H,10H2,1H3,(H2,23,29)(H,26,30). The van der Waals surface area contributed by atoms with Crippen LogP contribution in [0.15, 0.2) is 59.4 Å². The van der Waals surface area contributed by atoms with Crippen LogP contribution in [0, 0.1) is 6.92 Å². The van der Waals surface area contributed by atoms with Gasteiger partial charge in [-0.2, -0.15) is 0 Å². The van der Waals surface area contributed by atoms with Gasteiger partial charge in [0.25, 0.3) is 11.8 Å². The average molecular weight is 417 g/mol. The fourth-order valence-corrected chi connectivity index (χ4v) is 3.46. The van der Waals surface area contributed by atoms with Gasteiger partial charge in [0.05, 0.1) is 17.0 Å². The third kappa shape index (κ3) is 3.93. The Morgan fingerprint density at radius 1 is 1.16 bits per heavy atom. The van der Waals surface area contributed by atoms with Crippen molar-refractivity contribution in [1.29, 1.82) is 0 Å². The molecule has 0 spiro atoms. The molecule has 0 bridgehead atoms. The molecule has 0 aliphatic heterocycles. The zero-order valence-corrected chi connectivity index (χ0v) is 16.6. The third-order valence-corrected chi connectivity index (χ3v) is 4.95. The molecule has 0 aliphatic carbocycles. The molecule has 3 aromatic heterocycles. The first-order valence-electron chi connectivity index (χ1n) is 9.53. The summed E-state index contributed by atoms with van der Waals surface area (Å²) in [6.07, 6.45) is 3.39. The molecule has 0 saturated heterocycles. The first-order chi connectivity index (χ1) is 15.0. The van der Waals surface area contributed by atoms with Crippen LogP contribution < -0.4 is 11.1 Å². The number of carbonyl (C=O) groups is 3. The van der Waals surface area contributed by atoms with E-state index in [2.05, 4.69) is 20.4 Å². The summed E-state index contributed by atoms with van der Waals surface area (Å²) in [5.74, 6) is -2.84. The van der Waals surface area contributed by atoms with E-state index in [0.717, 1.165) is 16.5 Å². The number of ketones is 1. The minimum Gasteiger partial charge on any atom is -0.363 e. The molecule has 4 rings (SSSR count). The number of fused-ring (bicyclic) bond motifs is 1. The van der Waals surface area contributed by atoms with Gasteiger partial charge in [-0.1, -0.05) is 29.4 Å². The van der Waals surface area contributed by atoms with Crippen LogP contribution >= 0.6 is 0 Å². The summed E-state index contributed by atoms with van der Waals surface area (Å²) in [5.41, 5.74) is 8.24. The molecule has 3 heterocycles. The van der Waals surface area contributed by atoms with Crippen LogP contribution in [-0.4, -0.2) is 38.8 Å². The van der Waals surface area contributed by atoms with Gasteiger partial charge in [0.2, 0.25) is 11.5 Å². The predicted octanol–water partition coefficient (Wildman–Crippen LogP) is 1.92. The molecule has 9 nitrogen and oxygen atoms in total. The van der Waals surface area contributed by atoms with Crippen LogP contribution in [-0.2, 0) is 16.0 Å². The lowest BCUT2D eigenvalue weighted by atomic mass is 10.0. The highest BCUT2D eigenvalue weighted by atomic mass is 16.5. The fourth-order valence-electron chi connectivity index (χ4n) is 3.46. The van der Waals surface area contributed by atoms with Gasteiger partial charge in [-0.25, -0.2) is 0 Å². The summed E-state index contributed by atoms with van der Waals surface area (Å²) in [7, 11) is 0. The van der Waals surface area contributed by atoms with Crippen LogP contribution in [0.3, 0.4) is 0 Å². The third-order valence-electron chi connectivity index (χ3n) is 4.95. The number of benzene rings is 1. The predicted molar refractivity (Wildman–Crippen MR) is 112 cm³/mol. The first-order valence-corrected chi connectivity index (χ1v) is 9.53. The number of primary amides is 1. The molecule has 0 fully saturated rings. The van der Waals surface area contributed by atoms with Crippen molar-refractivity contribution < 1.29 is 18.9 Å². The van der Waals surface area contributed by atoms with Gasteiger partial charge in [0.15, 0.2) is 0 Å². The summed E-state index contributed by atoms with van der Waals surface area (Å²) < 4.78 is 5.22. The Bertz CT molecular complexity index is 1280. The van der Waals surface area contributed by atoms with Crippen LogP contribution in [0.1, 0.15) is 21.8 Å².